The van der Waals surface area contributed by atoms with Crippen molar-refractivity contribution in [2.24, 2.45) is 5.92 Å². The highest BCUT2D eigenvalue weighted by Gasteiger charge is 2.49. The first-order chi connectivity index (χ1) is 15.8. The number of phenols is 1. The number of fused-ring (bicyclic) bond motifs is 1. The average Bonchev–Trinajstić information content (AvgIpc) is 2.79. The lowest BCUT2D eigenvalue weighted by molar-refractivity contribution is -0.360. The predicted molar refractivity (Wildman–Crippen MR) is 113 cm³/mol. The first-order valence-corrected chi connectivity index (χ1v) is 10.8. The molecule has 0 unspecified atom stereocenters. The zero-order valence-electron chi connectivity index (χ0n) is 18.3. The number of carbonyl (C=O) groups excluding carboxylic acids is 1. The summed E-state index contributed by atoms with van der Waals surface area (Å²) in [5.41, 5.74) is 1.25. The highest BCUT2D eigenvalue weighted by atomic mass is 16.8. The van der Waals surface area contributed by atoms with E-state index in [1.54, 1.807) is 37.3 Å². The molecule has 0 saturated carbocycles. The summed E-state index contributed by atoms with van der Waals surface area (Å²) in [4.78, 5) is 22.5. The number of rotatable bonds is 10. The third-order valence-corrected chi connectivity index (χ3v) is 5.84. The molecule has 7 atom stereocenters. The quantitative estimate of drug-likeness (QED) is 0.287. The Hall–Kier alpha value is -2.34. The van der Waals surface area contributed by atoms with Crippen LogP contribution in [0.15, 0.2) is 35.9 Å². The van der Waals surface area contributed by atoms with Crippen molar-refractivity contribution in [2.75, 3.05) is 13.2 Å². The normalized spacial score (nSPS) is 30.9. The van der Waals surface area contributed by atoms with E-state index in [4.69, 9.17) is 24.1 Å². The van der Waals surface area contributed by atoms with Crippen molar-refractivity contribution in [3.8, 4) is 5.75 Å². The third-order valence-electron chi connectivity index (χ3n) is 5.84. The van der Waals surface area contributed by atoms with Crippen LogP contribution in [0.5, 0.6) is 5.75 Å². The van der Waals surface area contributed by atoms with Crippen molar-refractivity contribution >= 4 is 12.3 Å². The van der Waals surface area contributed by atoms with Gasteiger partial charge in [0.15, 0.2) is 12.6 Å². The van der Waals surface area contributed by atoms with Gasteiger partial charge in [-0.25, -0.2) is 0 Å². The first-order valence-electron chi connectivity index (χ1n) is 10.8. The summed E-state index contributed by atoms with van der Waals surface area (Å²) >= 11 is 0. The van der Waals surface area contributed by atoms with E-state index in [9.17, 15) is 24.9 Å². The maximum absolute atomic E-state index is 11.3. The second kappa shape index (κ2) is 11.7. The number of carboxylic acids is 1. The van der Waals surface area contributed by atoms with E-state index in [1.165, 1.54) is 0 Å². The maximum Gasteiger partial charge on any atom is 0.303 e. The highest BCUT2D eigenvalue weighted by Crippen LogP contribution is 2.32. The van der Waals surface area contributed by atoms with Crippen LogP contribution in [0.1, 0.15) is 25.3 Å². The van der Waals surface area contributed by atoms with Crippen LogP contribution in [0.3, 0.4) is 0 Å². The smallest absolute Gasteiger partial charge is 0.303 e. The van der Waals surface area contributed by atoms with Crippen molar-refractivity contribution in [1.29, 1.82) is 0 Å². The predicted octanol–water partition coefficient (Wildman–Crippen LogP) is 0.766. The average molecular weight is 466 g/mol. The monoisotopic (exact) mass is 466 g/mol. The minimum atomic E-state index is -1.36. The molecule has 2 fully saturated rings. The SMILES string of the molecule is CC=C(C=O)[C@@H](CC(=O)O)C[C@@H]1OC[C@H]2O[C@@H](OCCc3ccc(O)cc3)[C@H](O)[C@@H](O)[C@@H]2O1. The fourth-order valence-electron chi connectivity index (χ4n) is 4.02. The lowest BCUT2D eigenvalue weighted by Crippen LogP contribution is -2.63. The van der Waals surface area contributed by atoms with Gasteiger partial charge in [-0.15, -0.1) is 0 Å². The van der Waals surface area contributed by atoms with Gasteiger partial charge in [0.25, 0.3) is 0 Å². The van der Waals surface area contributed by atoms with E-state index in [-0.39, 0.29) is 31.8 Å². The molecule has 182 valence electrons. The van der Waals surface area contributed by atoms with Gasteiger partial charge in [0.2, 0.25) is 0 Å². The van der Waals surface area contributed by atoms with Gasteiger partial charge in [-0.2, -0.15) is 0 Å². The lowest BCUT2D eigenvalue weighted by atomic mass is 9.91. The summed E-state index contributed by atoms with van der Waals surface area (Å²) in [6.07, 6.45) is -3.70. The maximum atomic E-state index is 11.3. The van der Waals surface area contributed by atoms with Crippen molar-refractivity contribution in [1.82, 2.24) is 0 Å². The molecule has 0 radical (unpaired) electrons. The molecule has 2 aliphatic rings. The minimum absolute atomic E-state index is 0.0446. The second-order valence-electron chi connectivity index (χ2n) is 8.11. The highest BCUT2D eigenvalue weighted by molar-refractivity contribution is 5.76. The summed E-state index contributed by atoms with van der Waals surface area (Å²) < 4.78 is 22.8. The van der Waals surface area contributed by atoms with Gasteiger partial charge in [0.1, 0.15) is 36.5 Å². The number of aromatic hydroxyl groups is 1. The molecule has 2 heterocycles. The van der Waals surface area contributed by atoms with Crippen LogP contribution in [0.4, 0.5) is 0 Å². The number of benzene rings is 1. The fraction of sp³-hybridized carbons (Fsp3) is 0.565. The molecule has 0 amide bonds. The third kappa shape index (κ3) is 6.59. The van der Waals surface area contributed by atoms with Gasteiger partial charge in [0, 0.05) is 12.3 Å². The van der Waals surface area contributed by atoms with E-state index in [0.29, 0.717) is 18.3 Å². The van der Waals surface area contributed by atoms with Crippen LogP contribution >= 0.6 is 0 Å². The van der Waals surface area contributed by atoms with Crippen molar-refractivity contribution in [3.63, 3.8) is 0 Å². The van der Waals surface area contributed by atoms with Crippen molar-refractivity contribution < 1.29 is 49.0 Å². The summed E-state index contributed by atoms with van der Waals surface area (Å²) in [6.45, 7) is 1.91. The number of carbonyl (C=O) groups is 2. The van der Waals surface area contributed by atoms with E-state index < -0.39 is 48.9 Å². The molecule has 1 aromatic carbocycles. The van der Waals surface area contributed by atoms with Crippen LogP contribution in [0, 0.1) is 5.92 Å². The summed E-state index contributed by atoms with van der Waals surface area (Å²) in [5, 5.41) is 39.6. The van der Waals surface area contributed by atoms with Crippen LogP contribution in [-0.4, -0.2) is 82.9 Å². The van der Waals surface area contributed by atoms with Crippen LogP contribution in [-0.2, 0) is 35.0 Å². The molecular weight excluding hydrogens is 436 g/mol. The Kier molecular flexibility index (Phi) is 8.95. The molecule has 10 nitrogen and oxygen atoms in total. The molecule has 0 aromatic heterocycles. The number of allylic oxidation sites excluding steroid dienone is 2. The minimum Gasteiger partial charge on any atom is -0.508 e. The van der Waals surface area contributed by atoms with E-state index in [0.717, 1.165) is 5.56 Å². The summed E-state index contributed by atoms with van der Waals surface area (Å²) in [7, 11) is 0. The summed E-state index contributed by atoms with van der Waals surface area (Å²) in [6, 6.07) is 6.65. The standard InChI is InChI=1S/C23H30O10/c1-2-14(11-24)15(9-18(26)27)10-19-31-12-17-22(33-19)20(28)21(29)23(32-17)30-8-7-13-3-5-16(25)6-4-13/h2-6,11,15,17,19-23,25,28-29H,7-10,12H2,1H3,(H,26,27)/t15-,17+,19+,20+,21+,22+,23+/m0/s1. The van der Waals surface area contributed by atoms with Gasteiger partial charge in [-0.3, -0.25) is 9.59 Å². The Bertz CT molecular complexity index is 821. The van der Waals surface area contributed by atoms with Crippen LogP contribution in [0.25, 0.3) is 0 Å². The molecular formula is C23H30O10. The number of aliphatic hydroxyl groups excluding tert-OH is 2. The molecule has 0 spiro atoms. The van der Waals surface area contributed by atoms with Gasteiger partial charge >= 0.3 is 5.97 Å². The topological polar surface area (TPSA) is 152 Å². The Balaban J connectivity index is 1.55. The molecule has 2 saturated heterocycles. The molecule has 33 heavy (non-hydrogen) atoms. The number of carboxylic acid groups (broad SMARTS) is 1. The molecule has 0 bridgehead atoms. The number of hydrogen-bond donors (Lipinski definition) is 4. The number of aliphatic carboxylic acids is 1. The Morgan fingerprint density at radius 1 is 1.21 bits per heavy atom. The van der Waals surface area contributed by atoms with E-state index in [2.05, 4.69) is 0 Å². The summed E-state index contributed by atoms with van der Waals surface area (Å²) in [5.74, 6) is -1.51. The zero-order chi connectivity index (χ0) is 24.0. The van der Waals surface area contributed by atoms with Crippen molar-refractivity contribution in [3.05, 3.63) is 41.5 Å². The Labute approximate surface area is 191 Å². The second-order valence-corrected chi connectivity index (χ2v) is 8.11. The molecule has 4 N–H and O–H groups in total. The molecule has 1 aromatic rings. The first kappa shape index (κ1) is 25.3. The number of aldehydes is 1. The molecule has 10 heteroatoms. The van der Waals surface area contributed by atoms with Gasteiger partial charge in [0.05, 0.1) is 19.6 Å². The fourth-order valence-corrected chi connectivity index (χ4v) is 4.02. The Morgan fingerprint density at radius 3 is 2.58 bits per heavy atom. The van der Waals surface area contributed by atoms with Crippen molar-refractivity contribution in [2.45, 2.75) is 63.2 Å². The number of aliphatic hydroxyl groups is 2. The molecule has 2 aliphatic heterocycles. The van der Waals surface area contributed by atoms with Gasteiger partial charge in [-0.05, 0) is 36.6 Å². The largest absolute Gasteiger partial charge is 0.508 e. The number of ether oxygens (including phenoxy) is 4. The van der Waals surface area contributed by atoms with E-state index >= 15 is 0 Å². The van der Waals surface area contributed by atoms with Gasteiger partial charge < -0.3 is 39.4 Å². The molecule has 0 aliphatic carbocycles. The van der Waals surface area contributed by atoms with Crippen LogP contribution in [0.2, 0.25) is 0 Å². The van der Waals surface area contributed by atoms with Gasteiger partial charge in [-0.1, -0.05) is 18.2 Å². The lowest BCUT2D eigenvalue weighted by Gasteiger charge is -2.46. The van der Waals surface area contributed by atoms with Crippen LogP contribution < -0.4 is 0 Å². The number of phenolic OH excluding ortho intramolecular Hbond substituents is 1. The Morgan fingerprint density at radius 2 is 1.94 bits per heavy atom. The number of hydrogen-bond acceptors (Lipinski definition) is 9. The zero-order valence-corrected chi connectivity index (χ0v) is 18.3. The van der Waals surface area contributed by atoms with E-state index in [1.807, 2.05) is 0 Å². The molecule has 3 rings (SSSR count).